The first-order valence-electron chi connectivity index (χ1n) is 8.11. The standard InChI is InChI=1S/C17H19BrN6O2/c1-10(2)9-24-13-14(23(3)17(26)21-15(13)25)20-16(24)22-19-8-11-4-6-12(18)7-5-11/h4-8,10H,9H2,1-3H3,(H,20,22)(H,21,25,26). The molecule has 0 atom stereocenters. The summed E-state index contributed by atoms with van der Waals surface area (Å²) in [4.78, 5) is 30.8. The van der Waals surface area contributed by atoms with Gasteiger partial charge in [-0.2, -0.15) is 10.1 Å². The summed E-state index contributed by atoms with van der Waals surface area (Å²) >= 11 is 3.39. The molecule has 0 aliphatic heterocycles. The van der Waals surface area contributed by atoms with E-state index in [2.05, 4.69) is 36.4 Å². The first-order chi connectivity index (χ1) is 12.4. The van der Waals surface area contributed by atoms with E-state index in [4.69, 9.17) is 0 Å². The number of aryl methyl sites for hydroxylation is 1. The fourth-order valence-corrected chi connectivity index (χ4v) is 2.84. The molecular weight excluding hydrogens is 400 g/mol. The first-order valence-corrected chi connectivity index (χ1v) is 8.90. The molecule has 0 unspecified atom stereocenters. The highest BCUT2D eigenvalue weighted by molar-refractivity contribution is 9.10. The predicted molar refractivity (Wildman–Crippen MR) is 106 cm³/mol. The predicted octanol–water partition coefficient (Wildman–Crippen LogP) is 2.29. The normalized spacial score (nSPS) is 11.7. The van der Waals surface area contributed by atoms with Gasteiger partial charge >= 0.3 is 5.69 Å². The summed E-state index contributed by atoms with van der Waals surface area (Å²) in [6.45, 7) is 4.64. The van der Waals surface area contributed by atoms with Crippen LogP contribution in [0.15, 0.2) is 43.4 Å². The van der Waals surface area contributed by atoms with E-state index in [9.17, 15) is 9.59 Å². The highest BCUT2D eigenvalue weighted by Crippen LogP contribution is 2.17. The first kappa shape index (κ1) is 18.1. The number of aromatic nitrogens is 4. The van der Waals surface area contributed by atoms with Crippen LogP contribution in [-0.4, -0.2) is 25.3 Å². The molecule has 0 saturated heterocycles. The van der Waals surface area contributed by atoms with Crippen LogP contribution >= 0.6 is 15.9 Å². The van der Waals surface area contributed by atoms with E-state index >= 15 is 0 Å². The molecule has 3 aromatic rings. The van der Waals surface area contributed by atoms with Gasteiger partial charge in [-0.25, -0.2) is 10.2 Å². The van der Waals surface area contributed by atoms with Gasteiger partial charge in [-0.05, 0) is 23.6 Å². The maximum Gasteiger partial charge on any atom is 0.329 e. The minimum Gasteiger partial charge on any atom is -0.303 e. The number of hydrogen-bond acceptors (Lipinski definition) is 5. The van der Waals surface area contributed by atoms with Crippen LogP contribution in [0.3, 0.4) is 0 Å². The maximum atomic E-state index is 12.3. The fraction of sp³-hybridized carbons (Fsp3) is 0.294. The minimum atomic E-state index is -0.499. The van der Waals surface area contributed by atoms with Crippen molar-refractivity contribution in [3.05, 3.63) is 55.1 Å². The molecule has 26 heavy (non-hydrogen) atoms. The zero-order chi connectivity index (χ0) is 18.8. The van der Waals surface area contributed by atoms with E-state index in [1.165, 1.54) is 4.57 Å². The molecule has 1 aromatic carbocycles. The molecule has 2 N–H and O–H groups in total. The molecular formula is C17H19BrN6O2. The monoisotopic (exact) mass is 418 g/mol. The minimum absolute atomic E-state index is 0.278. The molecule has 0 aliphatic carbocycles. The van der Waals surface area contributed by atoms with E-state index in [1.807, 2.05) is 38.1 Å². The molecule has 9 heteroatoms. The summed E-state index contributed by atoms with van der Waals surface area (Å²) in [5.41, 5.74) is 3.51. The number of hydrazone groups is 1. The van der Waals surface area contributed by atoms with Crippen molar-refractivity contribution in [2.45, 2.75) is 20.4 Å². The number of nitrogens with zero attached hydrogens (tertiary/aromatic N) is 4. The van der Waals surface area contributed by atoms with Crippen molar-refractivity contribution in [2.24, 2.45) is 18.1 Å². The average molecular weight is 419 g/mol. The summed E-state index contributed by atoms with van der Waals surface area (Å²) in [6.07, 6.45) is 1.66. The molecule has 2 heterocycles. The largest absolute Gasteiger partial charge is 0.329 e. The van der Waals surface area contributed by atoms with Crippen LogP contribution in [0.1, 0.15) is 19.4 Å². The Bertz CT molecular complexity index is 1080. The Balaban J connectivity index is 2.02. The quantitative estimate of drug-likeness (QED) is 0.490. The fourth-order valence-electron chi connectivity index (χ4n) is 2.58. The lowest BCUT2D eigenvalue weighted by Gasteiger charge is -2.10. The maximum absolute atomic E-state index is 12.3. The zero-order valence-electron chi connectivity index (χ0n) is 14.7. The molecule has 0 amide bonds. The Morgan fingerprint density at radius 1 is 1.31 bits per heavy atom. The van der Waals surface area contributed by atoms with Crippen molar-refractivity contribution in [2.75, 3.05) is 5.43 Å². The Kier molecular flexibility index (Phi) is 5.08. The number of halogens is 1. The van der Waals surface area contributed by atoms with Crippen LogP contribution in [-0.2, 0) is 13.6 Å². The topological polar surface area (TPSA) is 97.1 Å². The molecule has 3 rings (SSSR count). The second kappa shape index (κ2) is 7.28. The van der Waals surface area contributed by atoms with Gasteiger partial charge in [0.25, 0.3) is 5.56 Å². The Morgan fingerprint density at radius 3 is 2.65 bits per heavy atom. The number of anilines is 1. The highest BCUT2D eigenvalue weighted by Gasteiger charge is 2.17. The number of rotatable bonds is 5. The third-order valence-electron chi connectivity index (χ3n) is 3.80. The van der Waals surface area contributed by atoms with Gasteiger partial charge in [0, 0.05) is 18.1 Å². The van der Waals surface area contributed by atoms with Crippen LogP contribution in [0.25, 0.3) is 11.2 Å². The van der Waals surface area contributed by atoms with Crippen molar-refractivity contribution in [3.8, 4) is 0 Å². The molecule has 0 bridgehead atoms. The van der Waals surface area contributed by atoms with Gasteiger partial charge in [0.2, 0.25) is 5.95 Å². The lowest BCUT2D eigenvalue weighted by molar-refractivity contribution is 0.535. The zero-order valence-corrected chi connectivity index (χ0v) is 16.2. The summed E-state index contributed by atoms with van der Waals surface area (Å²) in [6, 6.07) is 7.68. The molecule has 2 aromatic heterocycles. The Hall–Kier alpha value is -2.68. The van der Waals surface area contributed by atoms with Crippen LogP contribution in [0.2, 0.25) is 0 Å². The Morgan fingerprint density at radius 2 is 2.00 bits per heavy atom. The van der Waals surface area contributed by atoms with Crippen molar-refractivity contribution >= 4 is 39.3 Å². The van der Waals surface area contributed by atoms with Crippen LogP contribution in [0.5, 0.6) is 0 Å². The van der Waals surface area contributed by atoms with E-state index in [1.54, 1.807) is 17.8 Å². The lowest BCUT2D eigenvalue weighted by Crippen LogP contribution is -2.29. The Labute approximate surface area is 157 Å². The molecule has 0 saturated carbocycles. The second-order valence-electron chi connectivity index (χ2n) is 6.35. The molecule has 0 spiro atoms. The second-order valence-corrected chi connectivity index (χ2v) is 7.27. The highest BCUT2D eigenvalue weighted by atomic mass is 79.9. The third kappa shape index (κ3) is 3.62. The number of H-pyrrole nitrogens is 1. The summed E-state index contributed by atoms with van der Waals surface area (Å²) in [7, 11) is 1.57. The van der Waals surface area contributed by atoms with E-state index in [0.717, 1.165) is 10.0 Å². The summed E-state index contributed by atoms with van der Waals surface area (Å²) in [5, 5.41) is 4.21. The van der Waals surface area contributed by atoms with E-state index in [0.29, 0.717) is 23.7 Å². The van der Waals surface area contributed by atoms with Gasteiger partial charge < -0.3 is 4.57 Å². The van der Waals surface area contributed by atoms with Crippen molar-refractivity contribution in [3.63, 3.8) is 0 Å². The van der Waals surface area contributed by atoms with Crippen molar-refractivity contribution in [1.29, 1.82) is 0 Å². The SMILES string of the molecule is CC(C)Cn1c(NN=Cc2ccc(Br)cc2)nc2c1c(=O)[nH]c(=O)n2C. The van der Waals surface area contributed by atoms with Gasteiger partial charge in [0.1, 0.15) is 0 Å². The van der Waals surface area contributed by atoms with Gasteiger partial charge in [-0.1, -0.05) is 41.9 Å². The molecule has 8 nitrogen and oxygen atoms in total. The molecule has 0 radical (unpaired) electrons. The molecule has 0 aliphatic rings. The molecule has 0 fully saturated rings. The number of nitrogens with one attached hydrogen (secondary N) is 2. The average Bonchev–Trinajstić information content (AvgIpc) is 2.93. The summed E-state index contributed by atoms with van der Waals surface area (Å²) < 4.78 is 4.05. The van der Waals surface area contributed by atoms with Gasteiger partial charge in [0.05, 0.1) is 6.21 Å². The number of benzene rings is 1. The molecule has 136 valence electrons. The van der Waals surface area contributed by atoms with Gasteiger partial charge in [-0.15, -0.1) is 0 Å². The van der Waals surface area contributed by atoms with Gasteiger partial charge in [-0.3, -0.25) is 14.3 Å². The van der Waals surface area contributed by atoms with Crippen LogP contribution < -0.4 is 16.7 Å². The smallest absolute Gasteiger partial charge is 0.303 e. The van der Waals surface area contributed by atoms with E-state index in [-0.39, 0.29) is 5.92 Å². The number of hydrogen-bond donors (Lipinski definition) is 2. The third-order valence-corrected chi connectivity index (χ3v) is 4.33. The van der Waals surface area contributed by atoms with Crippen molar-refractivity contribution < 1.29 is 0 Å². The van der Waals surface area contributed by atoms with E-state index < -0.39 is 11.2 Å². The summed E-state index contributed by atoms with van der Waals surface area (Å²) in [5.74, 6) is 0.689. The van der Waals surface area contributed by atoms with Crippen LogP contribution in [0.4, 0.5) is 5.95 Å². The number of imidazole rings is 1. The number of aromatic amines is 1. The van der Waals surface area contributed by atoms with Crippen LogP contribution in [0, 0.1) is 5.92 Å². The van der Waals surface area contributed by atoms with Crippen molar-refractivity contribution in [1.82, 2.24) is 19.1 Å². The van der Waals surface area contributed by atoms with Gasteiger partial charge in [0.15, 0.2) is 11.2 Å². The lowest BCUT2D eigenvalue weighted by atomic mass is 10.2. The number of fused-ring (bicyclic) bond motifs is 1.